The van der Waals surface area contributed by atoms with Crippen molar-refractivity contribution in [1.82, 2.24) is 19.8 Å². The van der Waals surface area contributed by atoms with Gasteiger partial charge in [-0.1, -0.05) is 19.1 Å². The third-order valence-electron chi connectivity index (χ3n) is 4.53. The number of aryl methyl sites for hydroxylation is 1. The van der Waals surface area contributed by atoms with Crippen molar-refractivity contribution in [2.75, 3.05) is 18.5 Å². The molecule has 0 saturated heterocycles. The van der Waals surface area contributed by atoms with E-state index in [0.29, 0.717) is 29.5 Å². The topological polar surface area (TPSA) is 90.6 Å². The molecule has 8 heteroatoms. The molecule has 0 aliphatic carbocycles. The monoisotopic (exact) mass is 417 g/mol. The average molecular weight is 417 g/mol. The number of nitrogens with one attached hydrogen (secondary N) is 1. The van der Waals surface area contributed by atoms with E-state index < -0.39 is 0 Å². The molecule has 0 aliphatic heterocycles. The minimum Gasteiger partial charge on any atom is -0.494 e. The van der Waals surface area contributed by atoms with Crippen LogP contribution < -0.4 is 14.8 Å². The number of carbonyl (C=O) groups is 1. The van der Waals surface area contributed by atoms with Gasteiger partial charge < -0.3 is 14.8 Å². The molecule has 4 aromatic rings. The number of aromatic nitrogens is 4. The lowest BCUT2D eigenvalue weighted by Gasteiger charge is -2.10. The van der Waals surface area contributed by atoms with Gasteiger partial charge in [0.15, 0.2) is 18.1 Å². The zero-order chi connectivity index (χ0) is 21.6. The third-order valence-corrected chi connectivity index (χ3v) is 4.53. The van der Waals surface area contributed by atoms with Crippen LogP contribution in [-0.2, 0) is 4.79 Å². The number of ether oxygens (including phenoxy) is 2. The highest BCUT2D eigenvalue weighted by Crippen LogP contribution is 2.22. The lowest BCUT2D eigenvalue weighted by molar-refractivity contribution is -0.118. The van der Waals surface area contributed by atoms with Crippen molar-refractivity contribution in [3.8, 4) is 22.8 Å². The maximum absolute atomic E-state index is 12.3. The number of anilines is 1. The van der Waals surface area contributed by atoms with Crippen LogP contribution >= 0.6 is 0 Å². The second kappa shape index (κ2) is 9.25. The lowest BCUT2D eigenvalue weighted by atomic mass is 10.1. The van der Waals surface area contributed by atoms with Crippen LogP contribution in [0.15, 0.2) is 60.7 Å². The molecule has 0 unspecified atom stereocenters. The van der Waals surface area contributed by atoms with Gasteiger partial charge in [-0.2, -0.15) is 9.61 Å². The van der Waals surface area contributed by atoms with Crippen LogP contribution in [-0.4, -0.2) is 38.9 Å². The molecule has 0 aliphatic rings. The highest BCUT2D eigenvalue weighted by atomic mass is 16.5. The number of fused-ring (bicyclic) bond motifs is 1. The zero-order valence-corrected chi connectivity index (χ0v) is 17.4. The quantitative estimate of drug-likeness (QED) is 0.468. The van der Waals surface area contributed by atoms with Crippen LogP contribution in [0.2, 0.25) is 0 Å². The molecule has 0 bridgehead atoms. The minimum absolute atomic E-state index is 0.0937. The van der Waals surface area contributed by atoms with Gasteiger partial charge >= 0.3 is 0 Å². The second-order valence-electron chi connectivity index (χ2n) is 6.97. The Bertz CT molecular complexity index is 1190. The Labute approximate surface area is 179 Å². The first-order valence-electron chi connectivity index (χ1n) is 10.1. The second-order valence-corrected chi connectivity index (χ2v) is 6.97. The van der Waals surface area contributed by atoms with Gasteiger partial charge in [-0.3, -0.25) is 4.79 Å². The largest absolute Gasteiger partial charge is 0.494 e. The number of carbonyl (C=O) groups excluding carboxylic acids is 1. The van der Waals surface area contributed by atoms with E-state index in [0.717, 1.165) is 23.4 Å². The summed E-state index contributed by atoms with van der Waals surface area (Å²) in [4.78, 5) is 12.3. The maximum Gasteiger partial charge on any atom is 0.262 e. The van der Waals surface area contributed by atoms with Crippen LogP contribution in [0.3, 0.4) is 0 Å². The van der Waals surface area contributed by atoms with Crippen molar-refractivity contribution in [3.05, 3.63) is 66.5 Å². The summed E-state index contributed by atoms with van der Waals surface area (Å²) in [5.74, 6) is 1.85. The normalized spacial score (nSPS) is 10.8. The molecule has 0 saturated carbocycles. The fourth-order valence-electron chi connectivity index (χ4n) is 3.00. The molecule has 2 heterocycles. The van der Waals surface area contributed by atoms with Gasteiger partial charge in [0, 0.05) is 11.3 Å². The van der Waals surface area contributed by atoms with Crippen LogP contribution in [0.25, 0.3) is 16.9 Å². The van der Waals surface area contributed by atoms with E-state index >= 15 is 0 Å². The summed E-state index contributed by atoms with van der Waals surface area (Å²) in [5, 5.41) is 15.5. The molecular formula is C23H23N5O3. The van der Waals surface area contributed by atoms with Crippen LogP contribution in [0.5, 0.6) is 11.5 Å². The van der Waals surface area contributed by atoms with E-state index in [4.69, 9.17) is 9.47 Å². The van der Waals surface area contributed by atoms with Crippen molar-refractivity contribution in [2.24, 2.45) is 0 Å². The summed E-state index contributed by atoms with van der Waals surface area (Å²) in [5.41, 5.74) is 2.98. The number of hydrogen-bond donors (Lipinski definition) is 1. The number of nitrogens with zero attached hydrogens (tertiary/aromatic N) is 4. The van der Waals surface area contributed by atoms with Gasteiger partial charge in [0.2, 0.25) is 0 Å². The summed E-state index contributed by atoms with van der Waals surface area (Å²) >= 11 is 0. The van der Waals surface area contributed by atoms with Gasteiger partial charge in [0.05, 0.1) is 12.3 Å². The first-order chi connectivity index (χ1) is 15.1. The fraction of sp³-hybridized carbons (Fsp3) is 0.217. The number of benzene rings is 2. The summed E-state index contributed by atoms with van der Waals surface area (Å²) < 4.78 is 12.8. The lowest BCUT2D eigenvalue weighted by Crippen LogP contribution is -2.20. The molecule has 1 N–H and O–H groups in total. The van der Waals surface area contributed by atoms with E-state index in [1.165, 1.54) is 0 Å². The summed E-state index contributed by atoms with van der Waals surface area (Å²) in [7, 11) is 0. The molecule has 1 amide bonds. The Hall–Kier alpha value is -3.94. The van der Waals surface area contributed by atoms with E-state index in [1.807, 2.05) is 55.5 Å². The molecule has 0 fully saturated rings. The highest BCUT2D eigenvalue weighted by Gasteiger charge is 2.08. The Kier molecular flexibility index (Phi) is 6.07. The van der Waals surface area contributed by atoms with Crippen LogP contribution in [0.1, 0.15) is 19.2 Å². The first-order valence-corrected chi connectivity index (χ1v) is 10.1. The Morgan fingerprint density at radius 3 is 2.55 bits per heavy atom. The van der Waals surface area contributed by atoms with Crippen molar-refractivity contribution in [3.63, 3.8) is 0 Å². The maximum atomic E-state index is 12.3. The fourth-order valence-corrected chi connectivity index (χ4v) is 3.00. The van der Waals surface area contributed by atoms with E-state index in [-0.39, 0.29) is 12.5 Å². The first kappa shape index (κ1) is 20.3. The van der Waals surface area contributed by atoms with Gasteiger partial charge in [-0.15, -0.1) is 10.2 Å². The van der Waals surface area contributed by atoms with Gasteiger partial charge in [-0.25, -0.2) is 0 Å². The van der Waals surface area contributed by atoms with Crippen molar-refractivity contribution in [1.29, 1.82) is 0 Å². The van der Waals surface area contributed by atoms with Crippen molar-refractivity contribution in [2.45, 2.75) is 20.3 Å². The molecule has 0 atom stereocenters. The summed E-state index contributed by atoms with van der Waals surface area (Å²) in [6.07, 6.45) is 0.949. The number of amides is 1. The average Bonchev–Trinajstić information content (AvgIpc) is 3.17. The Morgan fingerprint density at radius 1 is 1.00 bits per heavy atom. The van der Waals surface area contributed by atoms with Gasteiger partial charge in [-0.05, 0) is 61.9 Å². The highest BCUT2D eigenvalue weighted by molar-refractivity contribution is 5.92. The molecule has 2 aromatic heterocycles. The Balaban J connectivity index is 1.38. The molecule has 4 rings (SSSR count). The molecule has 2 aromatic carbocycles. The standard InChI is InChI=1S/C23H23N5O3/c1-3-13-30-19-7-9-20(10-8-19)31-15-23(29)24-18-6-4-5-17(14-18)21-11-12-22-26-25-16(2)28(22)27-21/h4-12,14H,3,13,15H2,1-2H3,(H,24,29). The van der Waals surface area contributed by atoms with Crippen LogP contribution in [0, 0.1) is 6.92 Å². The SMILES string of the molecule is CCCOc1ccc(OCC(=O)Nc2cccc(-c3ccc4nnc(C)n4n3)c2)cc1. The van der Waals surface area contributed by atoms with Gasteiger partial charge in [0.25, 0.3) is 5.91 Å². The zero-order valence-electron chi connectivity index (χ0n) is 17.4. The van der Waals surface area contributed by atoms with E-state index in [2.05, 4.69) is 27.5 Å². The van der Waals surface area contributed by atoms with E-state index in [1.54, 1.807) is 16.6 Å². The van der Waals surface area contributed by atoms with Crippen LogP contribution in [0.4, 0.5) is 5.69 Å². The molecule has 8 nitrogen and oxygen atoms in total. The molecule has 31 heavy (non-hydrogen) atoms. The number of rotatable bonds is 8. The molecule has 0 spiro atoms. The van der Waals surface area contributed by atoms with Crippen molar-refractivity contribution >= 4 is 17.2 Å². The minimum atomic E-state index is -0.249. The van der Waals surface area contributed by atoms with Crippen molar-refractivity contribution < 1.29 is 14.3 Å². The number of hydrogen-bond acceptors (Lipinski definition) is 6. The molecule has 0 radical (unpaired) electrons. The Morgan fingerprint density at radius 2 is 1.77 bits per heavy atom. The predicted octanol–water partition coefficient (Wildman–Crippen LogP) is 3.91. The third kappa shape index (κ3) is 4.98. The molecule has 158 valence electrons. The van der Waals surface area contributed by atoms with Gasteiger partial charge in [0.1, 0.15) is 11.5 Å². The summed E-state index contributed by atoms with van der Waals surface area (Å²) in [6.45, 7) is 4.48. The predicted molar refractivity (Wildman–Crippen MR) is 117 cm³/mol. The summed E-state index contributed by atoms with van der Waals surface area (Å²) in [6, 6.07) is 18.5. The van der Waals surface area contributed by atoms with E-state index in [9.17, 15) is 4.79 Å². The smallest absolute Gasteiger partial charge is 0.262 e. The molecular weight excluding hydrogens is 394 g/mol.